The zero-order chi connectivity index (χ0) is 21.1. The first-order valence-electron chi connectivity index (χ1n) is 9.55. The molecule has 0 aliphatic heterocycles. The van der Waals surface area contributed by atoms with Gasteiger partial charge in [0, 0.05) is 28.9 Å². The Labute approximate surface area is 179 Å². The van der Waals surface area contributed by atoms with Crippen molar-refractivity contribution in [1.29, 1.82) is 0 Å². The summed E-state index contributed by atoms with van der Waals surface area (Å²) in [5.41, 5.74) is 0.821. The number of thiophene rings is 1. The van der Waals surface area contributed by atoms with Crippen molar-refractivity contribution in [3.63, 3.8) is 0 Å². The van der Waals surface area contributed by atoms with Gasteiger partial charge in [-0.3, -0.25) is 0 Å². The summed E-state index contributed by atoms with van der Waals surface area (Å²) in [4.78, 5) is 12.7. The second-order valence-corrected chi connectivity index (χ2v) is 10.0. The summed E-state index contributed by atoms with van der Waals surface area (Å²) < 4.78 is 34.0. The Morgan fingerprint density at radius 2 is 1.80 bits per heavy atom. The van der Waals surface area contributed by atoms with Gasteiger partial charge in [0.15, 0.2) is 0 Å². The highest BCUT2D eigenvalue weighted by molar-refractivity contribution is 7.89. The van der Waals surface area contributed by atoms with E-state index in [9.17, 15) is 13.2 Å². The van der Waals surface area contributed by atoms with Crippen LogP contribution in [0, 0.1) is 0 Å². The van der Waals surface area contributed by atoms with E-state index in [1.54, 1.807) is 27.8 Å². The van der Waals surface area contributed by atoms with Gasteiger partial charge >= 0.3 is 5.63 Å². The van der Waals surface area contributed by atoms with Crippen molar-refractivity contribution >= 4 is 32.3 Å². The summed E-state index contributed by atoms with van der Waals surface area (Å²) in [6.45, 7) is 2.21. The van der Waals surface area contributed by atoms with Gasteiger partial charge in [-0.05, 0) is 54.6 Å². The minimum atomic E-state index is -3.79. The molecule has 4 aromatic rings. The average Bonchev–Trinajstić information content (AvgIpc) is 3.25. The molecule has 0 bridgehead atoms. The molecule has 5 nitrogen and oxygen atoms in total. The van der Waals surface area contributed by atoms with Gasteiger partial charge in [0.05, 0.1) is 4.90 Å². The number of hydrogen-bond acceptors (Lipinski definition) is 5. The zero-order valence-corrected chi connectivity index (χ0v) is 18.0. The third-order valence-corrected chi connectivity index (χ3v) is 7.80. The monoisotopic (exact) mass is 439 g/mol. The van der Waals surface area contributed by atoms with Gasteiger partial charge in [-0.25, -0.2) is 13.2 Å². The predicted molar refractivity (Wildman–Crippen MR) is 119 cm³/mol. The molecule has 154 valence electrons. The van der Waals surface area contributed by atoms with Gasteiger partial charge in [0.25, 0.3) is 0 Å². The second-order valence-electron chi connectivity index (χ2n) is 7.12. The van der Waals surface area contributed by atoms with Crippen molar-refractivity contribution in [2.75, 3.05) is 0 Å². The number of fused-ring (bicyclic) bond motifs is 1. The van der Waals surface area contributed by atoms with Gasteiger partial charge in [0.2, 0.25) is 10.0 Å². The number of nitrogens with zero attached hydrogens (tertiary/aromatic N) is 1. The minimum Gasteiger partial charge on any atom is -0.423 e. The summed E-state index contributed by atoms with van der Waals surface area (Å²) in [7, 11) is -3.79. The fraction of sp³-hybridized carbons (Fsp3) is 0.174. The van der Waals surface area contributed by atoms with Crippen LogP contribution in [0.5, 0.6) is 0 Å². The van der Waals surface area contributed by atoms with Crippen molar-refractivity contribution in [3.05, 3.63) is 99.0 Å². The quantitative estimate of drug-likeness (QED) is 0.392. The van der Waals surface area contributed by atoms with Crippen LogP contribution in [-0.4, -0.2) is 18.8 Å². The first kappa shape index (κ1) is 20.5. The Bertz CT molecular complexity index is 1300. The lowest BCUT2D eigenvalue weighted by molar-refractivity contribution is 0.329. The van der Waals surface area contributed by atoms with Crippen LogP contribution in [-0.2, 0) is 23.0 Å². The molecule has 0 radical (unpaired) electrons. The first-order valence-corrected chi connectivity index (χ1v) is 11.9. The van der Waals surface area contributed by atoms with Crippen LogP contribution in [0.15, 0.2) is 92.3 Å². The second kappa shape index (κ2) is 8.55. The van der Waals surface area contributed by atoms with E-state index in [1.165, 1.54) is 18.2 Å². The average molecular weight is 440 g/mol. The summed E-state index contributed by atoms with van der Waals surface area (Å²) in [5.74, 6) is 0. The van der Waals surface area contributed by atoms with Crippen LogP contribution in [0.4, 0.5) is 0 Å². The summed E-state index contributed by atoms with van der Waals surface area (Å²) >= 11 is 1.62. The van der Waals surface area contributed by atoms with Gasteiger partial charge < -0.3 is 4.42 Å². The number of benzene rings is 2. The topological polar surface area (TPSA) is 67.6 Å². The normalized spacial score (nSPS) is 13.0. The number of rotatable bonds is 7. The first-order chi connectivity index (χ1) is 14.4. The molecule has 0 aliphatic carbocycles. The molecule has 0 aliphatic rings. The molecule has 0 N–H and O–H groups in total. The van der Waals surface area contributed by atoms with Crippen LogP contribution in [0.3, 0.4) is 0 Å². The maximum Gasteiger partial charge on any atom is 0.336 e. The van der Waals surface area contributed by atoms with E-state index in [-0.39, 0.29) is 17.5 Å². The molecule has 30 heavy (non-hydrogen) atoms. The highest BCUT2D eigenvalue weighted by Crippen LogP contribution is 2.26. The van der Waals surface area contributed by atoms with Crippen molar-refractivity contribution < 1.29 is 12.8 Å². The molecular weight excluding hydrogens is 418 g/mol. The van der Waals surface area contributed by atoms with Gasteiger partial charge in [0.1, 0.15) is 5.58 Å². The zero-order valence-electron chi connectivity index (χ0n) is 16.4. The van der Waals surface area contributed by atoms with E-state index >= 15 is 0 Å². The fourth-order valence-electron chi connectivity index (χ4n) is 3.41. The van der Waals surface area contributed by atoms with Crippen LogP contribution in [0.1, 0.15) is 17.4 Å². The molecule has 0 fully saturated rings. The van der Waals surface area contributed by atoms with Crippen LogP contribution in [0.2, 0.25) is 0 Å². The molecule has 1 unspecified atom stereocenters. The lowest BCUT2D eigenvalue weighted by Gasteiger charge is -2.28. The van der Waals surface area contributed by atoms with E-state index in [2.05, 4.69) is 0 Å². The van der Waals surface area contributed by atoms with Crippen LogP contribution < -0.4 is 5.63 Å². The van der Waals surface area contributed by atoms with Crippen molar-refractivity contribution in [1.82, 2.24) is 4.31 Å². The molecule has 0 saturated heterocycles. The molecule has 0 spiro atoms. The lowest BCUT2D eigenvalue weighted by atomic mass is 10.1. The van der Waals surface area contributed by atoms with Crippen molar-refractivity contribution in [3.8, 4) is 0 Å². The predicted octanol–water partition coefficient (Wildman–Crippen LogP) is 4.68. The van der Waals surface area contributed by atoms with E-state index in [0.717, 1.165) is 10.4 Å². The highest BCUT2D eigenvalue weighted by Gasteiger charge is 2.30. The SMILES string of the molecule is CC(Cc1cccs1)N(Cc1ccccc1)S(=O)(=O)c1ccc2oc(=O)ccc2c1. The largest absolute Gasteiger partial charge is 0.423 e. The highest BCUT2D eigenvalue weighted by atomic mass is 32.2. The molecule has 2 heterocycles. The maximum absolute atomic E-state index is 13.7. The minimum absolute atomic E-state index is 0.179. The smallest absolute Gasteiger partial charge is 0.336 e. The third kappa shape index (κ3) is 4.38. The standard InChI is InChI=1S/C23H21NO4S2/c1-17(14-20-8-5-13-29-20)24(16-18-6-3-2-4-7-18)30(26,27)21-10-11-22-19(15-21)9-12-23(25)28-22/h2-13,15,17H,14,16H2,1H3. The Kier molecular flexibility index (Phi) is 5.85. The molecule has 2 aromatic heterocycles. The molecule has 0 amide bonds. The van der Waals surface area contributed by atoms with Gasteiger partial charge in [-0.1, -0.05) is 36.4 Å². The van der Waals surface area contributed by atoms with Crippen LogP contribution >= 0.6 is 11.3 Å². The Morgan fingerprint density at radius 3 is 2.53 bits per heavy atom. The molecule has 2 aromatic carbocycles. The lowest BCUT2D eigenvalue weighted by Crippen LogP contribution is -2.39. The Morgan fingerprint density at radius 1 is 1.00 bits per heavy atom. The van der Waals surface area contributed by atoms with E-state index in [1.807, 2.05) is 54.8 Å². The van der Waals surface area contributed by atoms with Gasteiger partial charge in [-0.15, -0.1) is 11.3 Å². The molecular formula is C23H21NO4S2. The van der Waals surface area contributed by atoms with Crippen molar-refractivity contribution in [2.24, 2.45) is 0 Å². The Balaban J connectivity index is 1.73. The van der Waals surface area contributed by atoms with Gasteiger partial charge in [-0.2, -0.15) is 4.31 Å². The maximum atomic E-state index is 13.7. The molecule has 7 heteroatoms. The summed E-state index contributed by atoms with van der Waals surface area (Å²) in [6.07, 6.45) is 0.631. The van der Waals surface area contributed by atoms with E-state index in [4.69, 9.17) is 4.42 Å². The number of hydrogen-bond donors (Lipinski definition) is 0. The van der Waals surface area contributed by atoms with Crippen molar-refractivity contribution in [2.45, 2.75) is 30.8 Å². The summed E-state index contributed by atoms with van der Waals surface area (Å²) in [6, 6.07) is 20.8. The molecule has 4 rings (SSSR count). The molecule has 1 atom stereocenters. The molecule has 0 saturated carbocycles. The third-order valence-electron chi connectivity index (χ3n) is 4.95. The Hall–Kier alpha value is -2.74. The fourth-order valence-corrected chi connectivity index (χ4v) is 5.89. The van der Waals surface area contributed by atoms with E-state index < -0.39 is 15.6 Å². The number of sulfonamides is 1. The summed E-state index contributed by atoms with van der Waals surface area (Å²) in [5, 5.41) is 2.57. The van der Waals surface area contributed by atoms with E-state index in [0.29, 0.717) is 17.4 Å². The van der Waals surface area contributed by atoms with Crippen LogP contribution in [0.25, 0.3) is 11.0 Å².